The summed E-state index contributed by atoms with van der Waals surface area (Å²) < 4.78 is 26.0. The van der Waals surface area contributed by atoms with Crippen molar-refractivity contribution in [3.05, 3.63) is 71.3 Å². The summed E-state index contributed by atoms with van der Waals surface area (Å²) in [6.45, 7) is 0. The van der Waals surface area contributed by atoms with E-state index in [0.717, 1.165) is 0 Å². The predicted octanol–water partition coefficient (Wildman–Crippen LogP) is 3.41. The largest absolute Gasteiger partial charge is 0.344 e. The molecule has 104 valence electrons. The van der Waals surface area contributed by atoms with Crippen molar-refractivity contribution in [2.75, 3.05) is 5.88 Å². The van der Waals surface area contributed by atoms with Gasteiger partial charge in [0.2, 0.25) is 5.91 Å². The summed E-state index contributed by atoms with van der Waals surface area (Å²) >= 11 is 5.49. The Hall–Kier alpha value is -1.94. The molecular formula is C15H12ClF2NO. The topological polar surface area (TPSA) is 29.1 Å². The van der Waals surface area contributed by atoms with E-state index in [1.165, 1.54) is 24.3 Å². The van der Waals surface area contributed by atoms with Crippen molar-refractivity contribution < 1.29 is 13.6 Å². The second kappa shape index (κ2) is 6.48. The Labute approximate surface area is 120 Å². The monoisotopic (exact) mass is 295 g/mol. The van der Waals surface area contributed by atoms with Gasteiger partial charge >= 0.3 is 0 Å². The molecule has 0 bridgehead atoms. The summed E-state index contributed by atoms with van der Waals surface area (Å²) in [5.41, 5.74) is 1.38. The first-order chi connectivity index (χ1) is 9.60. The molecule has 2 aromatic carbocycles. The van der Waals surface area contributed by atoms with Gasteiger partial charge in [-0.3, -0.25) is 4.79 Å². The van der Waals surface area contributed by atoms with E-state index in [0.29, 0.717) is 11.1 Å². The molecule has 0 aliphatic heterocycles. The molecule has 0 saturated carbocycles. The highest BCUT2D eigenvalue weighted by Gasteiger charge is 2.16. The second-order valence-corrected chi connectivity index (χ2v) is 4.50. The zero-order valence-corrected chi connectivity index (χ0v) is 11.2. The molecular weight excluding hydrogens is 284 g/mol. The van der Waals surface area contributed by atoms with Gasteiger partial charge in [0.1, 0.15) is 17.5 Å². The lowest BCUT2D eigenvalue weighted by molar-refractivity contribution is -0.119. The van der Waals surface area contributed by atoms with E-state index in [9.17, 15) is 13.6 Å². The van der Waals surface area contributed by atoms with E-state index in [2.05, 4.69) is 5.32 Å². The Morgan fingerprint density at radius 1 is 0.950 bits per heavy atom. The van der Waals surface area contributed by atoms with Crippen molar-refractivity contribution in [1.82, 2.24) is 5.32 Å². The fourth-order valence-electron chi connectivity index (χ4n) is 1.87. The van der Waals surface area contributed by atoms with E-state index >= 15 is 0 Å². The fraction of sp³-hybridized carbons (Fsp3) is 0.133. The average molecular weight is 296 g/mol. The first-order valence-corrected chi connectivity index (χ1v) is 6.50. The van der Waals surface area contributed by atoms with E-state index in [4.69, 9.17) is 11.6 Å². The molecule has 0 aliphatic carbocycles. The minimum atomic E-state index is -0.498. The van der Waals surface area contributed by atoms with Gasteiger partial charge in [0.05, 0.1) is 6.04 Å². The molecule has 0 atom stereocenters. The molecule has 2 nitrogen and oxygen atoms in total. The van der Waals surface area contributed by atoms with Crippen molar-refractivity contribution in [3.63, 3.8) is 0 Å². The lowest BCUT2D eigenvalue weighted by Gasteiger charge is -2.19. The number of carbonyl (C=O) groups excluding carboxylic acids is 1. The molecule has 0 saturated heterocycles. The molecule has 20 heavy (non-hydrogen) atoms. The minimum Gasteiger partial charge on any atom is -0.344 e. The zero-order chi connectivity index (χ0) is 14.5. The molecule has 0 aromatic heterocycles. The molecule has 0 radical (unpaired) electrons. The van der Waals surface area contributed by atoms with Gasteiger partial charge in [-0.1, -0.05) is 24.3 Å². The lowest BCUT2D eigenvalue weighted by atomic mass is 9.98. The van der Waals surface area contributed by atoms with Gasteiger partial charge < -0.3 is 5.32 Å². The zero-order valence-electron chi connectivity index (χ0n) is 10.4. The summed E-state index contributed by atoms with van der Waals surface area (Å²) in [7, 11) is 0. The van der Waals surface area contributed by atoms with E-state index in [-0.39, 0.29) is 23.4 Å². The van der Waals surface area contributed by atoms with Crippen LogP contribution in [0.4, 0.5) is 8.78 Å². The van der Waals surface area contributed by atoms with Crippen molar-refractivity contribution >= 4 is 17.5 Å². The number of hydrogen-bond acceptors (Lipinski definition) is 1. The van der Waals surface area contributed by atoms with Gasteiger partial charge in [0.15, 0.2) is 0 Å². The van der Waals surface area contributed by atoms with Crippen LogP contribution in [0, 0.1) is 11.6 Å². The highest BCUT2D eigenvalue weighted by Crippen LogP contribution is 2.22. The summed E-state index contributed by atoms with van der Waals surface area (Å²) in [5.74, 6) is -1.27. The molecule has 5 heteroatoms. The third-order valence-corrected chi connectivity index (χ3v) is 3.08. The van der Waals surface area contributed by atoms with Crippen LogP contribution >= 0.6 is 11.6 Å². The van der Waals surface area contributed by atoms with E-state index < -0.39 is 6.04 Å². The summed E-state index contributed by atoms with van der Waals surface area (Å²) in [4.78, 5) is 11.5. The number of hydrogen-bond donors (Lipinski definition) is 1. The third kappa shape index (κ3) is 3.54. The number of nitrogens with one attached hydrogen (secondary N) is 1. The summed E-state index contributed by atoms with van der Waals surface area (Å²) in [6.07, 6.45) is 0. The Kier molecular flexibility index (Phi) is 4.69. The summed E-state index contributed by atoms with van der Waals surface area (Å²) in [6, 6.07) is 11.0. The van der Waals surface area contributed by atoms with Crippen LogP contribution in [-0.4, -0.2) is 11.8 Å². The van der Waals surface area contributed by atoms with Gasteiger partial charge in [0.25, 0.3) is 0 Å². The van der Waals surface area contributed by atoms with Crippen LogP contribution in [0.2, 0.25) is 0 Å². The number of benzene rings is 2. The molecule has 0 fully saturated rings. The SMILES string of the molecule is O=C(CCl)NC(c1ccc(F)cc1)c1ccc(F)cc1. The van der Waals surface area contributed by atoms with E-state index in [1.54, 1.807) is 24.3 Å². The Bertz CT molecular complexity index is 538. The maximum Gasteiger partial charge on any atom is 0.235 e. The molecule has 0 heterocycles. The lowest BCUT2D eigenvalue weighted by Crippen LogP contribution is -2.30. The van der Waals surface area contributed by atoms with Gasteiger partial charge in [-0.25, -0.2) is 8.78 Å². The highest BCUT2D eigenvalue weighted by molar-refractivity contribution is 6.27. The Morgan fingerprint density at radius 3 is 1.70 bits per heavy atom. The normalized spacial score (nSPS) is 10.6. The number of halogens is 3. The van der Waals surface area contributed by atoms with Crippen LogP contribution in [0.25, 0.3) is 0 Å². The smallest absolute Gasteiger partial charge is 0.235 e. The standard InChI is InChI=1S/C15H12ClF2NO/c16-9-14(20)19-15(10-1-5-12(17)6-2-10)11-3-7-13(18)8-4-11/h1-8,15H,9H2,(H,19,20). The van der Waals surface area contributed by atoms with E-state index in [1.807, 2.05) is 0 Å². The number of amides is 1. The molecule has 2 aromatic rings. The average Bonchev–Trinajstić information content (AvgIpc) is 2.46. The highest BCUT2D eigenvalue weighted by atomic mass is 35.5. The van der Waals surface area contributed by atoms with Gasteiger partial charge in [-0.05, 0) is 35.4 Å². The minimum absolute atomic E-state index is 0.182. The molecule has 0 spiro atoms. The maximum absolute atomic E-state index is 13.0. The predicted molar refractivity (Wildman–Crippen MR) is 73.5 cm³/mol. The summed E-state index contributed by atoms with van der Waals surface area (Å²) in [5, 5.41) is 2.72. The van der Waals surface area contributed by atoms with Crippen LogP contribution in [0.15, 0.2) is 48.5 Å². The second-order valence-electron chi connectivity index (χ2n) is 4.24. The number of rotatable bonds is 4. The first-order valence-electron chi connectivity index (χ1n) is 5.96. The van der Waals surface area contributed by atoms with Crippen molar-refractivity contribution in [2.24, 2.45) is 0 Å². The van der Waals surface area contributed by atoms with Crippen LogP contribution in [0.5, 0.6) is 0 Å². The van der Waals surface area contributed by atoms with Gasteiger partial charge in [-0.15, -0.1) is 11.6 Å². The number of carbonyl (C=O) groups is 1. The molecule has 0 unspecified atom stereocenters. The quantitative estimate of drug-likeness (QED) is 0.861. The molecule has 1 amide bonds. The molecule has 1 N–H and O–H groups in total. The van der Waals surface area contributed by atoms with Crippen LogP contribution < -0.4 is 5.32 Å². The van der Waals surface area contributed by atoms with Crippen LogP contribution in [0.1, 0.15) is 17.2 Å². The first kappa shape index (κ1) is 14.5. The fourth-order valence-corrected chi connectivity index (χ4v) is 1.95. The van der Waals surface area contributed by atoms with Crippen LogP contribution in [0.3, 0.4) is 0 Å². The van der Waals surface area contributed by atoms with Gasteiger partial charge in [0, 0.05) is 0 Å². The number of alkyl halides is 1. The Morgan fingerprint density at radius 2 is 1.35 bits per heavy atom. The molecule has 2 rings (SSSR count). The third-order valence-electron chi connectivity index (χ3n) is 2.83. The van der Waals surface area contributed by atoms with Crippen molar-refractivity contribution in [1.29, 1.82) is 0 Å². The molecule has 0 aliphatic rings. The van der Waals surface area contributed by atoms with Crippen LogP contribution in [-0.2, 0) is 4.79 Å². The van der Waals surface area contributed by atoms with Crippen molar-refractivity contribution in [3.8, 4) is 0 Å². The van der Waals surface area contributed by atoms with Crippen molar-refractivity contribution in [2.45, 2.75) is 6.04 Å². The Balaban J connectivity index is 2.35. The van der Waals surface area contributed by atoms with Gasteiger partial charge in [-0.2, -0.15) is 0 Å². The maximum atomic E-state index is 13.0.